The molecule has 0 saturated heterocycles. The Morgan fingerprint density at radius 3 is 1.81 bits per heavy atom. The van der Waals surface area contributed by atoms with Crippen molar-refractivity contribution < 1.29 is 4.74 Å². The maximum Gasteiger partial charge on any atom is 0.139 e. The van der Waals surface area contributed by atoms with Gasteiger partial charge in [0.05, 0.1) is 33.4 Å². The highest BCUT2D eigenvalue weighted by molar-refractivity contribution is 6.14. The van der Waals surface area contributed by atoms with Gasteiger partial charge in [0.2, 0.25) is 0 Å². The summed E-state index contributed by atoms with van der Waals surface area (Å²) < 4.78 is 11.6. The molecular formula is C56H43N5O. The standard InChI is InChI=1S/C56H43N5O/c1-56(2,3)39-30-42(59-36-58(40-18-6-4-7-19-40)50-24-14-15-25-51(50)59)32-44(31-39)62-43-26-27-46-45-22-12-13-23-49(45)61(53(46)33-43)55-34-54-48(35-57-55)47-28-37-16-10-11-17-38(37)29-52(47)60(54)41-20-8-5-9-21-41/h4-35H,36H2,1-3H3. The molecule has 0 saturated carbocycles. The molecule has 4 heterocycles. The number of hydrogen-bond donors (Lipinski definition) is 0. The third-order valence-corrected chi connectivity index (χ3v) is 12.5. The zero-order valence-corrected chi connectivity index (χ0v) is 34.8. The lowest BCUT2D eigenvalue weighted by atomic mass is 9.86. The van der Waals surface area contributed by atoms with Gasteiger partial charge in [0.1, 0.15) is 24.0 Å². The molecular weight excluding hydrogens is 759 g/mol. The van der Waals surface area contributed by atoms with Crippen molar-refractivity contribution in [2.75, 3.05) is 16.5 Å². The van der Waals surface area contributed by atoms with Crippen LogP contribution in [0.1, 0.15) is 26.3 Å². The second-order valence-electron chi connectivity index (χ2n) is 17.4. The number of pyridine rings is 1. The molecule has 0 unspecified atom stereocenters. The number of anilines is 4. The Bertz CT molecular complexity index is 3530. The molecule has 0 aliphatic carbocycles. The van der Waals surface area contributed by atoms with E-state index in [1.165, 1.54) is 44.2 Å². The topological polar surface area (TPSA) is 38.5 Å². The van der Waals surface area contributed by atoms with E-state index in [0.29, 0.717) is 6.67 Å². The Kier molecular flexibility index (Phi) is 8.06. The van der Waals surface area contributed by atoms with Gasteiger partial charge in [-0.05, 0) is 101 Å². The van der Waals surface area contributed by atoms with Crippen LogP contribution < -0.4 is 14.5 Å². The number of para-hydroxylation sites is 5. The Morgan fingerprint density at radius 2 is 1.05 bits per heavy atom. The van der Waals surface area contributed by atoms with Crippen LogP contribution in [0.5, 0.6) is 11.5 Å². The first-order valence-corrected chi connectivity index (χ1v) is 21.3. The minimum atomic E-state index is -0.109. The van der Waals surface area contributed by atoms with Crippen LogP contribution in [-0.2, 0) is 5.41 Å². The summed E-state index contributed by atoms with van der Waals surface area (Å²) in [7, 11) is 0. The van der Waals surface area contributed by atoms with Crippen LogP contribution in [0.15, 0.2) is 194 Å². The smallest absolute Gasteiger partial charge is 0.139 e. The monoisotopic (exact) mass is 801 g/mol. The first-order chi connectivity index (χ1) is 30.4. The van der Waals surface area contributed by atoms with Gasteiger partial charge in [-0.25, -0.2) is 4.98 Å². The molecule has 0 spiro atoms. The molecule has 298 valence electrons. The summed E-state index contributed by atoms with van der Waals surface area (Å²) >= 11 is 0. The number of ether oxygens (including phenoxy) is 1. The first-order valence-electron chi connectivity index (χ1n) is 21.3. The number of fused-ring (bicyclic) bond motifs is 8. The predicted octanol–water partition coefficient (Wildman–Crippen LogP) is 14.8. The second-order valence-corrected chi connectivity index (χ2v) is 17.4. The number of nitrogens with zero attached hydrogens (tertiary/aromatic N) is 5. The molecule has 0 radical (unpaired) electrons. The highest BCUT2D eigenvalue weighted by atomic mass is 16.5. The van der Waals surface area contributed by atoms with E-state index in [9.17, 15) is 0 Å². The van der Waals surface area contributed by atoms with Crippen LogP contribution in [0.3, 0.4) is 0 Å². The molecule has 11 aromatic rings. The van der Waals surface area contributed by atoms with Crippen molar-refractivity contribution in [3.05, 3.63) is 200 Å². The van der Waals surface area contributed by atoms with E-state index in [1.807, 2.05) is 0 Å². The third kappa shape index (κ3) is 5.82. The van der Waals surface area contributed by atoms with Crippen molar-refractivity contribution in [1.29, 1.82) is 0 Å². The molecule has 6 nitrogen and oxygen atoms in total. The van der Waals surface area contributed by atoms with E-state index in [4.69, 9.17) is 9.72 Å². The Balaban J connectivity index is 0.998. The minimum absolute atomic E-state index is 0.109. The van der Waals surface area contributed by atoms with Gasteiger partial charge in [-0.1, -0.05) is 112 Å². The number of rotatable bonds is 6. The molecule has 62 heavy (non-hydrogen) atoms. The molecule has 0 atom stereocenters. The molecule has 3 aromatic heterocycles. The molecule has 1 aliphatic rings. The molecule has 8 aromatic carbocycles. The molecule has 0 fully saturated rings. The quantitative estimate of drug-likeness (QED) is 0.168. The Morgan fingerprint density at radius 1 is 0.435 bits per heavy atom. The van der Waals surface area contributed by atoms with Crippen LogP contribution in [0.4, 0.5) is 22.7 Å². The van der Waals surface area contributed by atoms with E-state index in [1.54, 1.807) is 0 Å². The SMILES string of the molecule is CC(C)(C)c1cc(Oc2ccc3c4ccccc4n(-c4cc5c(cn4)c4cc6ccccc6cc4n5-c4ccccc4)c3c2)cc(N2CN(c3ccccc3)c3ccccc32)c1. The lowest BCUT2D eigenvalue weighted by Gasteiger charge is -2.26. The lowest BCUT2D eigenvalue weighted by molar-refractivity contribution is 0.479. The van der Waals surface area contributed by atoms with Crippen molar-refractivity contribution in [3.63, 3.8) is 0 Å². The molecule has 6 heteroatoms. The normalized spacial score (nSPS) is 13.0. The number of aromatic nitrogens is 3. The van der Waals surface area contributed by atoms with Gasteiger partial charge in [-0.2, -0.15) is 0 Å². The second kappa shape index (κ2) is 13.9. The summed E-state index contributed by atoms with van der Waals surface area (Å²) in [5.74, 6) is 2.40. The van der Waals surface area contributed by atoms with E-state index in [-0.39, 0.29) is 5.41 Å². The van der Waals surface area contributed by atoms with Crippen LogP contribution in [0.2, 0.25) is 0 Å². The van der Waals surface area contributed by atoms with Crippen LogP contribution in [0, 0.1) is 0 Å². The van der Waals surface area contributed by atoms with Gasteiger partial charge in [0, 0.05) is 63.0 Å². The van der Waals surface area contributed by atoms with E-state index >= 15 is 0 Å². The summed E-state index contributed by atoms with van der Waals surface area (Å²) in [4.78, 5) is 10.0. The summed E-state index contributed by atoms with van der Waals surface area (Å²) in [6, 6.07) is 67.1. The summed E-state index contributed by atoms with van der Waals surface area (Å²) in [5, 5.41) is 7.03. The van der Waals surface area contributed by atoms with E-state index in [2.05, 4.69) is 234 Å². The molecule has 1 aliphatic heterocycles. The highest BCUT2D eigenvalue weighted by Crippen LogP contribution is 2.46. The zero-order valence-electron chi connectivity index (χ0n) is 34.8. The van der Waals surface area contributed by atoms with Crippen molar-refractivity contribution in [1.82, 2.24) is 14.1 Å². The van der Waals surface area contributed by atoms with Gasteiger partial charge in [-0.15, -0.1) is 0 Å². The fourth-order valence-corrected chi connectivity index (χ4v) is 9.45. The highest BCUT2D eigenvalue weighted by Gasteiger charge is 2.29. The van der Waals surface area contributed by atoms with Gasteiger partial charge < -0.3 is 19.1 Å². The molecule has 0 bridgehead atoms. The Hall–Kier alpha value is -7.83. The van der Waals surface area contributed by atoms with Crippen molar-refractivity contribution >= 4 is 77.1 Å². The predicted molar refractivity (Wildman–Crippen MR) is 258 cm³/mol. The van der Waals surface area contributed by atoms with Crippen molar-refractivity contribution in [2.45, 2.75) is 26.2 Å². The average Bonchev–Trinajstić information content (AvgIpc) is 3.96. The summed E-state index contributed by atoms with van der Waals surface area (Å²) in [6.45, 7) is 7.48. The molecule has 0 amide bonds. The number of hydrogen-bond acceptors (Lipinski definition) is 4. The average molecular weight is 802 g/mol. The molecule has 0 N–H and O–H groups in total. The molecule has 12 rings (SSSR count). The first kappa shape index (κ1) is 36.1. The summed E-state index contributed by atoms with van der Waals surface area (Å²) in [6.07, 6.45) is 2.05. The fraction of sp³-hybridized carbons (Fsp3) is 0.0893. The maximum absolute atomic E-state index is 6.96. The van der Waals surface area contributed by atoms with Crippen LogP contribution in [-0.4, -0.2) is 20.8 Å². The Labute approximate surface area is 360 Å². The third-order valence-electron chi connectivity index (χ3n) is 12.5. The van der Waals surface area contributed by atoms with Crippen molar-refractivity contribution in [2.24, 2.45) is 0 Å². The summed E-state index contributed by atoms with van der Waals surface area (Å²) in [5.41, 5.74) is 11.2. The van der Waals surface area contributed by atoms with Crippen LogP contribution >= 0.6 is 0 Å². The van der Waals surface area contributed by atoms with E-state index < -0.39 is 0 Å². The van der Waals surface area contributed by atoms with E-state index in [0.717, 1.165) is 61.5 Å². The zero-order chi connectivity index (χ0) is 41.5. The fourth-order valence-electron chi connectivity index (χ4n) is 9.45. The number of benzene rings is 8. The largest absolute Gasteiger partial charge is 0.457 e. The van der Waals surface area contributed by atoms with Crippen LogP contribution in [0.25, 0.3) is 65.9 Å². The van der Waals surface area contributed by atoms with Crippen molar-refractivity contribution in [3.8, 4) is 23.0 Å². The van der Waals surface area contributed by atoms with Gasteiger partial charge in [0.15, 0.2) is 0 Å². The van der Waals surface area contributed by atoms with Gasteiger partial charge in [-0.3, -0.25) is 4.57 Å². The van der Waals surface area contributed by atoms with Gasteiger partial charge >= 0.3 is 0 Å². The minimum Gasteiger partial charge on any atom is -0.457 e. The maximum atomic E-state index is 6.96. The lowest BCUT2D eigenvalue weighted by Crippen LogP contribution is -2.24. The van der Waals surface area contributed by atoms with Gasteiger partial charge in [0.25, 0.3) is 0 Å².